The summed E-state index contributed by atoms with van der Waals surface area (Å²) >= 11 is 0. The third-order valence-corrected chi connectivity index (χ3v) is 10.0. The number of esters is 1. The molecule has 44 heavy (non-hydrogen) atoms. The predicted octanol–water partition coefficient (Wildman–Crippen LogP) is 5.70. The second-order valence-corrected chi connectivity index (χ2v) is 12.3. The lowest BCUT2D eigenvalue weighted by Gasteiger charge is -2.42. The first kappa shape index (κ1) is 32.9. The zero-order valence-electron chi connectivity index (χ0n) is 23.2. The van der Waals surface area contributed by atoms with Crippen molar-refractivity contribution in [1.82, 2.24) is 10.2 Å². The second-order valence-electron chi connectivity index (χ2n) is 9.56. The van der Waals surface area contributed by atoms with Gasteiger partial charge in [0.05, 0.1) is 6.61 Å². The highest BCUT2D eigenvalue weighted by Gasteiger charge is 2.80. The molecule has 1 N–H and O–H groups in total. The number of benzene rings is 3. The summed E-state index contributed by atoms with van der Waals surface area (Å²) in [6, 6.07) is 20.6. The average Bonchev–Trinajstić information content (AvgIpc) is 3.04. The number of carbonyl (C=O) groups excluding carboxylic acids is 3. The van der Waals surface area contributed by atoms with Gasteiger partial charge in [-0.3, -0.25) is 4.79 Å². The summed E-state index contributed by atoms with van der Waals surface area (Å²) in [6.07, 6.45) is 0. The molecular weight excluding hydrogens is 614 g/mol. The molecular formula is C30H28F6N2O5S. The molecule has 14 heteroatoms. The fraction of sp³-hybridized carbons (Fsp3) is 0.300. The molecule has 1 unspecified atom stereocenters. The van der Waals surface area contributed by atoms with Crippen molar-refractivity contribution >= 4 is 28.2 Å². The molecule has 0 radical (unpaired) electrons. The Hall–Kier alpha value is -4.04. The van der Waals surface area contributed by atoms with E-state index in [1.54, 1.807) is 18.2 Å². The number of nitrogens with one attached hydrogen (secondary N) is 1. The van der Waals surface area contributed by atoms with Crippen LogP contribution < -0.4 is 5.32 Å². The van der Waals surface area contributed by atoms with Gasteiger partial charge in [0.25, 0.3) is 0 Å². The second kappa shape index (κ2) is 12.9. The van der Waals surface area contributed by atoms with E-state index in [2.05, 4.69) is 5.32 Å². The number of rotatable bonds is 10. The molecule has 1 amide bonds. The topological polar surface area (TPSA) is 84.9 Å². The van der Waals surface area contributed by atoms with Gasteiger partial charge in [0.1, 0.15) is 6.04 Å². The van der Waals surface area contributed by atoms with Gasteiger partial charge in [0.2, 0.25) is 0 Å². The fourth-order valence-electron chi connectivity index (χ4n) is 4.59. The molecule has 1 saturated heterocycles. The molecule has 0 aromatic heterocycles. The number of nitrogens with zero attached hydrogens (tertiary/aromatic N) is 1. The molecule has 0 aliphatic carbocycles. The molecule has 1 heterocycles. The third kappa shape index (κ3) is 5.75. The summed E-state index contributed by atoms with van der Waals surface area (Å²) < 4.78 is 102. The quantitative estimate of drug-likeness (QED) is 0.226. The van der Waals surface area contributed by atoms with Crippen LogP contribution >= 0.6 is 10.3 Å². The standard InChI is InChI=1S/C30H28F6N2O5S/c1-2-42-25(39)24-20-37-18-19-38(24)26(40)28(31,32)30(35,36)29(33,34)27(41)43-44(21-12-6-3-7-13-21,22-14-8-4-9-15-22)23-16-10-5-11-17-23/h3-17,24,37H,2,18-20H2,1H3. The minimum Gasteiger partial charge on any atom is -0.464 e. The number of amides is 1. The van der Waals surface area contributed by atoms with Gasteiger partial charge in [0.15, 0.2) is 0 Å². The Morgan fingerprint density at radius 1 is 0.795 bits per heavy atom. The van der Waals surface area contributed by atoms with E-state index in [0.717, 1.165) is 0 Å². The Kier molecular flexibility index (Phi) is 9.64. The zero-order valence-corrected chi connectivity index (χ0v) is 24.0. The monoisotopic (exact) mass is 642 g/mol. The molecule has 3 aromatic carbocycles. The van der Waals surface area contributed by atoms with Crippen LogP contribution in [0.2, 0.25) is 0 Å². The highest BCUT2D eigenvalue weighted by Crippen LogP contribution is 2.70. The minimum atomic E-state index is -6.58. The van der Waals surface area contributed by atoms with Gasteiger partial charge in [-0.05, 0) is 53.6 Å². The molecule has 1 atom stereocenters. The number of carbonyl (C=O) groups is 3. The van der Waals surface area contributed by atoms with Crippen LogP contribution in [-0.2, 0) is 23.3 Å². The van der Waals surface area contributed by atoms with E-state index in [4.69, 9.17) is 8.92 Å². The molecule has 1 fully saturated rings. The first-order valence-corrected chi connectivity index (χ1v) is 14.9. The maximum Gasteiger partial charge on any atom is 0.412 e. The van der Waals surface area contributed by atoms with Crippen molar-refractivity contribution in [3.05, 3.63) is 91.0 Å². The summed E-state index contributed by atoms with van der Waals surface area (Å²) in [4.78, 5) is 38.7. The van der Waals surface area contributed by atoms with Crippen LogP contribution in [0, 0.1) is 0 Å². The van der Waals surface area contributed by atoms with Crippen LogP contribution in [0.3, 0.4) is 0 Å². The van der Waals surface area contributed by atoms with Gasteiger partial charge in [-0.1, -0.05) is 54.6 Å². The van der Waals surface area contributed by atoms with Gasteiger partial charge in [-0.15, -0.1) is 0 Å². The molecule has 236 valence electrons. The molecule has 0 spiro atoms. The van der Waals surface area contributed by atoms with Crippen LogP contribution in [0.5, 0.6) is 0 Å². The minimum absolute atomic E-state index is 0.0528. The summed E-state index contributed by atoms with van der Waals surface area (Å²) in [7, 11) is -3.56. The molecule has 4 rings (SSSR count). The van der Waals surface area contributed by atoms with Crippen molar-refractivity contribution < 1.29 is 49.6 Å². The molecule has 1 aliphatic rings. The van der Waals surface area contributed by atoms with Crippen molar-refractivity contribution in [3.63, 3.8) is 0 Å². The molecule has 1 aliphatic heterocycles. The van der Waals surface area contributed by atoms with E-state index in [1.807, 2.05) is 0 Å². The highest BCUT2D eigenvalue weighted by molar-refractivity contribution is 8.30. The summed E-state index contributed by atoms with van der Waals surface area (Å²) in [5.41, 5.74) is 0. The first-order valence-electron chi connectivity index (χ1n) is 13.4. The van der Waals surface area contributed by atoms with Crippen molar-refractivity contribution in [2.45, 2.75) is 45.4 Å². The Morgan fingerprint density at radius 2 is 1.25 bits per heavy atom. The van der Waals surface area contributed by atoms with E-state index in [9.17, 15) is 14.4 Å². The average molecular weight is 643 g/mol. The van der Waals surface area contributed by atoms with E-state index < -0.39 is 65.1 Å². The van der Waals surface area contributed by atoms with E-state index >= 15 is 26.3 Å². The van der Waals surface area contributed by atoms with E-state index in [-0.39, 0.29) is 32.7 Å². The highest BCUT2D eigenvalue weighted by atomic mass is 32.3. The van der Waals surface area contributed by atoms with Crippen LogP contribution in [0.4, 0.5) is 26.3 Å². The lowest BCUT2D eigenvalue weighted by atomic mass is 10.0. The van der Waals surface area contributed by atoms with E-state index in [1.165, 1.54) is 79.7 Å². The predicted molar refractivity (Wildman–Crippen MR) is 148 cm³/mol. The van der Waals surface area contributed by atoms with Crippen LogP contribution in [0.1, 0.15) is 6.92 Å². The number of piperazine rings is 1. The van der Waals surface area contributed by atoms with Crippen molar-refractivity contribution in [2.24, 2.45) is 0 Å². The van der Waals surface area contributed by atoms with Crippen LogP contribution in [0.25, 0.3) is 0 Å². The number of hydrogen-bond donors (Lipinski definition) is 1. The first-order chi connectivity index (χ1) is 20.8. The molecule has 3 aromatic rings. The smallest absolute Gasteiger partial charge is 0.412 e. The normalized spacial score (nSPS) is 16.6. The van der Waals surface area contributed by atoms with Gasteiger partial charge < -0.3 is 19.1 Å². The van der Waals surface area contributed by atoms with Crippen LogP contribution in [-0.4, -0.2) is 72.8 Å². The summed E-state index contributed by atoms with van der Waals surface area (Å²) in [5.74, 6) is -25.8. The fourth-order valence-corrected chi connectivity index (χ4v) is 7.65. The van der Waals surface area contributed by atoms with Gasteiger partial charge in [-0.2, -0.15) is 26.3 Å². The van der Waals surface area contributed by atoms with Gasteiger partial charge in [0, 0.05) is 34.3 Å². The third-order valence-electron chi connectivity index (χ3n) is 6.80. The van der Waals surface area contributed by atoms with E-state index in [0.29, 0.717) is 0 Å². The van der Waals surface area contributed by atoms with Crippen molar-refractivity contribution in [2.75, 3.05) is 26.2 Å². The largest absolute Gasteiger partial charge is 0.464 e. The zero-order chi connectivity index (χ0) is 32.2. The summed E-state index contributed by atoms with van der Waals surface area (Å²) in [6.45, 7) is -0.159. The molecule has 0 saturated carbocycles. The summed E-state index contributed by atoms with van der Waals surface area (Å²) in [5, 5.41) is 2.62. The van der Waals surface area contributed by atoms with Gasteiger partial charge >= 0.3 is 35.6 Å². The van der Waals surface area contributed by atoms with Crippen molar-refractivity contribution in [3.8, 4) is 0 Å². The van der Waals surface area contributed by atoms with Crippen molar-refractivity contribution in [1.29, 1.82) is 0 Å². The Balaban J connectivity index is 1.77. The molecule has 7 nitrogen and oxygen atoms in total. The van der Waals surface area contributed by atoms with Crippen LogP contribution in [0.15, 0.2) is 106 Å². The Morgan fingerprint density at radius 3 is 1.68 bits per heavy atom. The lowest BCUT2D eigenvalue weighted by molar-refractivity contribution is -0.295. The Bertz CT molecular complexity index is 1370. The maximum absolute atomic E-state index is 15.5. The lowest BCUT2D eigenvalue weighted by Crippen LogP contribution is -2.68. The number of ether oxygens (including phenoxy) is 1. The number of hydrogen-bond acceptors (Lipinski definition) is 6. The number of alkyl halides is 6. The SMILES string of the molecule is CCOC(=O)C1CNCCN1C(=O)C(F)(F)C(F)(F)C(F)(F)C(=O)OS(c1ccccc1)(c1ccccc1)c1ccccc1. The van der Waals surface area contributed by atoms with Gasteiger partial charge in [-0.25, -0.2) is 9.59 Å². The Labute approximate surface area is 250 Å². The molecule has 0 bridgehead atoms. The number of halogens is 6. The maximum atomic E-state index is 15.5.